The molecule has 1 fully saturated rings. The minimum absolute atomic E-state index is 0.420. The van der Waals surface area contributed by atoms with Crippen LogP contribution in [-0.2, 0) is 0 Å². The van der Waals surface area contributed by atoms with Gasteiger partial charge < -0.3 is 5.73 Å². The number of anilines is 1. The molecular weight excluding hydrogens is 294 g/mol. The number of hydrogen-bond acceptors (Lipinski definition) is 4. The van der Waals surface area contributed by atoms with Crippen molar-refractivity contribution in [1.29, 1.82) is 0 Å². The molecule has 2 aromatic rings. The maximum absolute atomic E-state index is 5.84. The van der Waals surface area contributed by atoms with Gasteiger partial charge in [-0.2, -0.15) is 0 Å². The van der Waals surface area contributed by atoms with Crippen molar-refractivity contribution in [2.75, 3.05) is 5.73 Å². The molecule has 0 bridgehead atoms. The van der Waals surface area contributed by atoms with Crippen molar-refractivity contribution < 1.29 is 0 Å². The zero-order valence-corrected chi connectivity index (χ0v) is 11.5. The number of benzene rings is 1. The van der Waals surface area contributed by atoms with Gasteiger partial charge in [0.15, 0.2) is 5.82 Å². The van der Waals surface area contributed by atoms with E-state index in [9.17, 15) is 0 Å². The fraction of sp³-hybridized carbons (Fsp3) is 0.417. The van der Waals surface area contributed by atoms with Crippen molar-refractivity contribution in [1.82, 2.24) is 20.2 Å². The van der Waals surface area contributed by atoms with Crippen LogP contribution < -0.4 is 5.73 Å². The summed E-state index contributed by atoms with van der Waals surface area (Å²) in [6, 6.07) is 6.11. The zero-order valence-electron chi connectivity index (χ0n) is 9.88. The Kier molecular flexibility index (Phi) is 3.03. The van der Waals surface area contributed by atoms with Gasteiger partial charge in [0.2, 0.25) is 0 Å². The van der Waals surface area contributed by atoms with E-state index < -0.39 is 0 Å². The molecule has 0 aliphatic heterocycles. The summed E-state index contributed by atoms with van der Waals surface area (Å²) in [5, 5.41) is 12.1. The molecule has 0 atom stereocenters. The van der Waals surface area contributed by atoms with Crippen LogP contribution in [0, 0.1) is 0 Å². The lowest BCUT2D eigenvalue weighted by Gasteiger charge is -2.12. The topological polar surface area (TPSA) is 69.6 Å². The number of tetrazole rings is 1. The average Bonchev–Trinajstić information content (AvgIpc) is 3.00. The highest BCUT2D eigenvalue weighted by molar-refractivity contribution is 9.10. The lowest BCUT2D eigenvalue weighted by molar-refractivity contribution is 0.458. The summed E-state index contributed by atoms with van der Waals surface area (Å²) in [5.41, 5.74) is 7.51. The summed E-state index contributed by atoms with van der Waals surface area (Å²) in [6.07, 6.45) is 4.81. The van der Waals surface area contributed by atoms with Gasteiger partial charge in [0.05, 0.1) is 6.04 Å². The van der Waals surface area contributed by atoms with Gasteiger partial charge in [-0.25, -0.2) is 4.68 Å². The molecule has 1 aliphatic rings. The van der Waals surface area contributed by atoms with E-state index in [0.29, 0.717) is 11.7 Å². The average molecular weight is 308 g/mol. The van der Waals surface area contributed by atoms with Crippen molar-refractivity contribution in [2.45, 2.75) is 31.7 Å². The van der Waals surface area contributed by atoms with Crippen LogP contribution in [0.15, 0.2) is 22.7 Å². The van der Waals surface area contributed by atoms with E-state index in [4.69, 9.17) is 5.73 Å². The lowest BCUT2D eigenvalue weighted by Crippen LogP contribution is -2.09. The van der Waals surface area contributed by atoms with Gasteiger partial charge >= 0.3 is 0 Å². The number of aromatic nitrogens is 4. The van der Waals surface area contributed by atoms with E-state index >= 15 is 0 Å². The predicted molar refractivity (Wildman–Crippen MR) is 72.9 cm³/mol. The second-order valence-corrected chi connectivity index (χ2v) is 5.48. The minimum atomic E-state index is 0.420. The maximum Gasteiger partial charge on any atom is 0.183 e. The van der Waals surface area contributed by atoms with E-state index in [0.717, 1.165) is 28.7 Å². The number of nitrogens with zero attached hydrogens (tertiary/aromatic N) is 4. The Hall–Kier alpha value is -1.43. The molecule has 0 saturated heterocycles. The molecule has 5 nitrogen and oxygen atoms in total. The van der Waals surface area contributed by atoms with Gasteiger partial charge in [-0.15, -0.1) is 5.10 Å². The molecule has 0 amide bonds. The highest BCUT2D eigenvalue weighted by Gasteiger charge is 2.23. The molecule has 1 aliphatic carbocycles. The normalized spacial score (nSPS) is 16.3. The molecule has 0 radical (unpaired) electrons. The van der Waals surface area contributed by atoms with Crippen LogP contribution in [-0.4, -0.2) is 20.2 Å². The van der Waals surface area contributed by atoms with Crippen molar-refractivity contribution in [3.05, 3.63) is 22.7 Å². The van der Waals surface area contributed by atoms with Crippen molar-refractivity contribution in [3.8, 4) is 11.4 Å². The van der Waals surface area contributed by atoms with Gasteiger partial charge in [0, 0.05) is 15.7 Å². The Morgan fingerprint density at radius 2 is 2.06 bits per heavy atom. The van der Waals surface area contributed by atoms with E-state index in [1.54, 1.807) is 0 Å². The smallest absolute Gasteiger partial charge is 0.183 e. The molecular formula is C12H14BrN5. The minimum Gasteiger partial charge on any atom is -0.399 e. The molecule has 1 heterocycles. The molecule has 1 aromatic heterocycles. The second kappa shape index (κ2) is 4.68. The van der Waals surface area contributed by atoms with Gasteiger partial charge in [0.25, 0.3) is 0 Å². The standard InChI is InChI=1S/C12H14BrN5/c13-11-6-5-8(14)7-10(11)12-15-16-17-18(12)9-3-1-2-4-9/h5-7,9H,1-4,14H2. The number of rotatable bonds is 2. The molecule has 0 spiro atoms. The Morgan fingerprint density at radius 1 is 1.28 bits per heavy atom. The van der Waals surface area contributed by atoms with Crippen LogP contribution in [0.3, 0.4) is 0 Å². The summed E-state index contributed by atoms with van der Waals surface area (Å²) in [4.78, 5) is 0. The van der Waals surface area contributed by atoms with Crippen LogP contribution in [0.25, 0.3) is 11.4 Å². The SMILES string of the molecule is Nc1ccc(Br)c(-c2nnnn2C2CCCC2)c1. The first-order chi connectivity index (χ1) is 8.75. The fourth-order valence-corrected chi connectivity index (χ4v) is 2.90. The zero-order chi connectivity index (χ0) is 12.5. The van der Waals surface area contributed by atoms with Crippen LogP contribution in [0.4, 0.5) is 5.69 Å². The molecule has 1 saturated carbocycles. The molecule has 1 aromatic carbocycles. The number of nitrogens with two attached hydrogens (primary N) is 1. The molecule has 2 N–H and O–H groups in total. The van der Waals surface area contributed by atoms with Gasteiger partial charge in [-0.1, -0.05) is 28.8 Å². The molecule has 6 heteroatoms. The Morgan fingerprint density at radius 3 is 2.83 bits per heavy atom. The number of halogens is 1. The van der Waals surface area contributed by atoms with E-state index in [2.05, 4.69) is 31.5 Å². The van der Waals surface area contributed by atoms with Crippen molar-refractivity contribution in [2.24, 2.45) is 0 Å². The van der Waals surface area contributed by atoms with Gasteiger partial charge in [-0.05, 0) is 41.5 Å². The third-order valence-corrected chi connectivity index (χ3v) is 4.09. The Balaban J connectivity index is 2.06. The Bertz CT molecular complexity index is 559. The second-order valence-electron chi connectivity index (χ2n) is 4.62. The predicted octanol–water partition coefficient (Wildman–Crippen LogP) is 2.80. The highest BCUT2D eigenvalue weighted by Crippen LogP contribution is 2.34. The monoisotopic (exact) mass is 307 g/mol. The first kappa shape index (κ1) is 11.6. The van der Waals surface area contributed by atoms with Gasteiger partial charge in [0.1, 0.15) is 0 Å². The van der Waals surface area contributed by atoms with Crippen LogP contribution in [0.1, 0.15) is 31.7 Å². The highest BCUT2D eigenvalue weighted by atomic mass is 79.9. The Labute approximate surface area is 113 Å². The summed E-state index contributed by atoms with van der Waals surface area (Å²) in [7, 11) is 0. The molecule has 18 heavy (non-hydrogen) atoms. The lowest BCUT2D eigenvalue weighted by atomic mass is 10.1. The number of hydrogen-bond donors (Lipinski definition) is 1. The summed E-state index contributed by atoms with van der Waals surface area (Å²) in [6.45, 7) is 0. The molecule has 0 unspecified atom stereocenters. The van der Waals surface area contributed by atoms with E-state index in [1.165, 1.54) is 12.8 Å². The van der Waals surface area contributed by atoms with E-state index in [-0.39, 0.29) is 0 Å². The van der Waals surface area contributed by atoms with E-state index in [1.807, 2.05) is 22.9 Å². The first-order valence-corrected chi connectivity index (χ1v) is 6.88. The number of nitrogen functional groups attached to an aromatic ring is 1. The quantitative estimate of drug-likeness (QED) is 0.866. The fourth-order valence-electron chi connectivity index (χ4n) is 2.48. The first-order valence-electron chi connectivity index (χ1n) is 6.09. The van der Waals surface area contributed by atoms with Crippen LogP contribution >= 0.6 is 15.9 Å². The largest absolute Gasteiger partial charge is 0.399 e. The van der Waals surface area contributed by atoms with Crippen molar-refractivity contribution >= 4 is 21.6 Å². The summed E-state index contributed by atoms with van der Waals surface area (Å²) in [5.74, 6) is 0.793. The molecule has 3 rings (SSSR count). The third kappa shape index (κ3) is 2.01. The van der Waals surface area contributed by atoms with Crippen LogP contribution in [0.2, 0.25) is 0 Å². The summed E-state index contributed by atoms with van der Waals surface area (Å²) < 4.78 is 2.90. The third-order valence-electron chi connectivity index (χ3n) is 3.39. The van der Waals surface area contributed by atoms with Gasteiger partial charge in [-0.3, -0.25) is 0 Å². The summed E-state index contributed by atoms with van der Waals surface area (Å²) >= 11 is 3.53. The molecule has 94 valence electrons. The van der Waals surface area contributed by atoms with Crippen LogP contribution in [0.5, 0.6) is 0 Å². The van der Waals surface area contributed by atoms with Crippen molar-refractivity contribution in [3.63, 3.8) is 0 Å². The maximum atomic E-state index is 5.84.